The van der Waals surface area contributed by atoms with Crippen LogP contribution >= 0.6 is 0 Å². The van der Waals surface area contributed by atoms with Crippen LogP contribution in [0.15, 0.2) is 233 Å². The molecule has 0 fully saturated rings. The Hall–Kier alpha value is -8.14. The molecule has 12 rings (SSSR count). The molecule has 0 N–H and O–H groups in total. The zero-order valence-corrected chi connectivity index (χ0v) is 33.1. The highest BCUT2D eigenvalue weighted by Gasteiger charge is 2.18. The van der Waals surface area contributed by atoms with Crippen LogP contribution in [0.3, 0.4) is 0 Å². The number of anilines is 3. The van der Waals surface area contributed by atoms with E-state index in [9.17, 15) is 0 Å². The number of hydrogen-bond donors (Lipinski definition) is 0. The lowest BCUT2D eigenvalue weighted by molar-refractivity contribution is 0.669. The molecule has 0 bridgehead atoms. The number of hydrogen-bond acceptors (Lipinski definition) is 3. The summed E-state index contributed by atoms with van der Waals surface area (Å²) < 4.78 is 12.9. The number of rotatable bonds is 7. The molecule has 2 heterocycles. The molecule has 0 amide bonds. The smallest absolute Gasteiger partial charge is 0.143 e. The van der Waals surface area contributed by atoms with E-state index < -0.39 is 0 Å². The van der Waals surface area contributed by atoms with Crippen molar-refractivity contribution in [1.82, 2.24) is 0 Å². The Morgan fingerprint density at radius 3 is 1.59 bits per heavy atom. The van der Waals surface area contributed by atoms with Gasteiger partial charge in [0.1, 0.15) is 22.3 Å². The molecule has 0 aliphatic rings. The van der Waals surface area contributed by atoms with Crippen LogP contribution in [0.4, 0.5) is 17.1 Å². The molecule has 3 nitrogen and oxygen atoms in total. The Labute approximate surface area is 353 Å². The average Bonchev–Trinajstić information content (AvgIpc) is 3.91. The molecule has 61 heavy (non-hydrogen) atoms. The fraction of sp³-hybridized carbons (Fsp3) is 0. The van der Waals surface area contributed by atoms with Gasteiger partial charge in [-0.25, -0.2) is 0 Å². The van der Waals surface area contributed by atoms with E-state index in [0.29, 0.717) is 0 Å². The average molecular weight is 780 g/mol. The number of benzene rings is 10. The van der Waals surface area contributed by atoms with Gasteiger partial charge < -0.3 is 13.7 Å². The van der Waals surface area contributed by atoms with Crippen LogP contribution in [0, 0.1) is 0 Å². The van der Waals surface area contributed by atoms with E-state index in [1.165, 1.54) is 22.1 Å². The number of furan rings is 2. The van der Waals surface area contributed by atoms with E-state index in [1.54, 1.807) is 0 Å². The molecule has 0 unspecified atom stereocenters. The lowest BCUT2D eigenvalue weighted by atomic mass is 9.95. The molecule has 0 saturated heterocycles. The van der Waals surface area contributed by atoms with E-state index in [1.807, 2.05) is 12.1 Å². The minimum Gasteiger partial charge on any atom is -0.456 e. The fourth-order valence-electron chi connectivity index (χ4n) is 9.14. The molecule has 0 saturated carbocycles. The summed E-state index contributed by atoms with van der Waals surface area (Å²) in [5, 5.41) is 6.82. The van der Waals surface area contributed by atoms with Crippen molar-refractivity contribution in [3.05, 3.63) is 224 Å². The molecule has 2 aromatic heterocycles. The van der Waals surface area contributed by atoms with Crippen LogP contribution in [0.1, 0.15) is 0 Å². The van der Waals surface area contributed by atoms with E-state index in [4.69, 9.17) is 8.83 Å². The van der Waals surface area contributed by atoms with Gasteiger partial charge in [-0.15, -0.1) is 0 Å². The quantitative estimate of drug-likeness (QED) is 0.161. The first kappa shape index (κ1) is 34.9. The lowest BCUT2D eigenvalue weighted by Gasteiger charge is -2.26. The van der Waals surface area contributed by atoms with Crippen LogP contribution in [-0.4, -0.2) is 0 Å². The van der Waals surface area contributed by atoms with Crippen molar-refractivity contribution in [3.8, 4) is 44.5 Å². The highest BCUT2D eigenvalue weighted by atomic mass is 16.3. The van der Waals surface area contributed by atoms with E-state index in [2.05, 4.69) is 217 Å². The molecule has 0 atom stereocenters. The van der Waals surface area contributed by atoms with Crippen molar-refractivity contribution >= 4 is 71.7 Å². The Morgan fingerprint density at radius 2 is 0.820 bits per heavy atom. The van der Waals surface area contributed by atoms with Crippen molar-refractivity contribution in [2.75, 3.05) is 4.90 Å². The van der Waals surface area contributed by atoms with Crippen molar-refractivity contribution in [2.45, 2.75) is 0 Å². The van der Waals surface area contributed by atoms with E-state index in [0.717, 1.165) is 94.1 Å². The van der Waals surface area contributed by atoms with Crippen LogP contribution in [0.25, 0.3) is 99.2 Å². The minimum absolute atomic E-state index is 0.880. The first-order valence-electron chi connectivity index (χ1n) is 20.7. The van der Waals surface area contributed by atoms with Crippen molar-refractivity contribution in [2.24, 2.45) is 0 Å². The van der Waals surface area contributed by atoms with E-state index in [-0.39, 0.29) is 0 Å². The third-order valence-electron chi connectivity index (χ3n) is 12.1. The van der Waals surface area contributed by atoms with Gasteiger partial charge in [0.15, 0.2) is 0 Å². The molecule has 3 heteroatoms. The zero-order chi connectivity index (χ0) is 40.3. The maximum Gasteiger partial charge on any atom is 0.143 e. The molecule has 286 valence electrons. The fourth-order valence-corrected chi connectivity index (χ4v) is 9.14. The third kappa shape index (κ3) is 5.98. The maximum atomic E-state index is 6.71. The molecule has 10 aromatic carbocycles. The second kappa shape index (κ2) is 14.3. The van der Waals surface area contributed by atoms with Crippen LogP contribution < -0.4 is 4.90 Å². The Kier molecular flexibility index (Phi) is 8.17. The predicted octanol–water partition coefficient (Wildman–Crippen LogP) is 16.8. The summed E-state index contributed by atoms with van der Waals surface area (Å²) in [6, 6.07) is 79.8. The first-order chi connectivity index (χ1) is 30.2. The zero-order valence-electron chi connectivity index (χ0n) is 33.1. The summed E-state index contributed by atoms with van der Waals surface area (Å²) in [5.41, 5.74) is 16.1. The number of para-hydroxylation sites is 1. The molecule has 0 spiro atoms. The summed E-state index contributed by atoms with van der Waals surface area (Å²) >= 11 is 0. The van der Waals surface area contributed by atoms with Gasteiger partial charge >= 0.3 is 0 Å². The van der Waals surface area contributed by atoms with Gasteiger partial charge in [-0.1, -0.05) is 158 Å². The number of nitrogens with zero attached hydrogens (tertiary/aromatic N) is 1. The van der Waals surface area contributed by atoms with E-state index >= 15 is 0 Å². The second-order valence-corrected chi connectivity index (χ2v) is 15.6. The van der Waals surface area contributed by atoms with Gasteiger partial charge in [0.25, 0.3) is 0 Å². The standard InChI is InChI=1S/C58H37NO2/c1-3-13-38(14-4-1)42-17-11-18-46(35-42)59(45-32-27-41(28-33-45)47-22-12-24-55-57(47)51-21-9-10-23-54(51)60-55)44-30-25-39(26-31-44)43-29-34-49-53-37-52(40-15-5-2-6-16-40)48-19-7-8-20-50(48)58(53)61-56(49)36-43/h1-37H. The summed E-state index contributed by atoms with van der Waals surface area (Å²) in [7, 11) is 0. The Bertz CT molecular complexity index is 3560. The van der Waals surface area contributed by atoms with Crippen molar-refractivity contribution in [1.29, 1.82) is 0 Å². The van der Waals surface area contributed by atoms with Gasteiger partial charge in [0, 0.05) is 44.0 Å². The van der Waals surface area contributed by atoms with Gasteiger partial charge in [0.2, 0.25) is 0 Å². The normalized spacial score (nSPS) is 11.6. The summed E-state index contributed by atoms with van der Waals surface area (Å²) in [5.74, 6) is 0. The van der Waals surface area contributed by atoms with Gasteiger partial charge in [0.05, 0.1) is 0 Å². The first-order valence-corrected chi connectivity index (χ1v) is 20.7. The molecule has 0 aliphatic carbocycles. The lowest BCUT2D eigenvalue weighted by Crippen LogP contribution is -2.10. The van der Waals surface area contributed by atoms with Crippen LogP contribution in [0.5, 0.6) is 0 Å². The Morgan fingerprint density at radius 1 is 0.262 bits per heavy atom. The second-order valence-electron chi connectivity index (χ2n) is 15.6. The van der Waals surface area contributed by atoms with Crippen LogP contribution in [0.2, 0.25) is 0 Å². The predicted molar refractivity (Wildman–Crippen MR) is 255 cm³/mol. The molecular formula is C58H37NO2. The van der Waals surface area contributed by atoms with Crippen molar-refractivity contribution in [3.63, 3.8) is 0 Å². The molecule has 12 aromatic rings. The highest BCUT2D eigenvalue weighted by Crippen LogP contribution is 2.43. The monoisotopic (exact) mass is 779 g/mol. The topological polar surface area (TPSA) is 29.5 Å². The SMILES string of the molecule is c1ccc(-c2cccc(N(c3ccc(-c4ccc5c(c4)oc4c6ccccc6c(-c6ccccc6)cc54)cc3)c3ccc(-c4cccc5oc6ccccc6c45)cc3)c2)cc1. The third-order valence-corrected chi connectivity index (χ3v) is 12.1. The van der Waals surface area contributed by atoms with Crippen LogP contribution in [-0.2, 0) is 0 Å². The van der Waals surface area contributed by atoms with Gasteiger partial charge in [-0.3, -0.25) is 0 Å². The summed E-state index contributed by atoms with van der Waals surface area (Å²) in [4.78, 5) is 2.34. The number of fused-ring (bicyclic) bond motifs is 8. The van der Waals surface area contributed by atoms with Crippen molar-refractivity contribution < 1.29 is 8.83 Å². The minimum atomic E-state index is 0.880. The van der Waals surface area contributed by atoms with Gasteiger partial charge in [-0.2, -0.15) is 0 Å². The Balaban J connectivity index is 0.938. The molecule has 0 aliphatic heterocycles. The largest absolute Gasteiger partial charge is 0.456 e. The summed E-state index contributed by atoms with van der Waals surface area (Å²) in [6.07, 6.45) is 0. The summed E-state index contributed by atoms with van der Waals surface area (Å²) in [6.45, 7) is 0. The highest BCUT2D eigenvalue weighted by molar-refractivity contribution is 6.19. The van der Waals surface area contributed by atoms with Gasteiger partial charge in [-0.05, 0) is 117 Å². The molecule has 0 radical (unpaired) electrons. The molecular weight excluding hydrogens is 743 g/mol. The maximum absolute atomic E-state index is 6.71.